The van der Waals surface area contributed by atoms with Crippen molar-refractivity contribution < 1.29 is 19.4 Å². The second-order valence-electron chi connectivity index (χ2n) is 3.47. The van der Waals surface area contributed by atoms with E-state index < -0.39 is 11.9 Å². The number of benzene rings is 2. The monoisotopic (exact) mass is 254 g/mol. The van der Waals surface area contributed by atoms with Crippen molar-refractivity contribution in [2.24, 2.45) is 0 Å². The highest BCUT2D eigenvalue weighted by molar-refractivity contribution is 5.92. The zero-order chi connectivity index (χ0) is 12.8. The van der Waals surface area contributed by atoms with E-state index in [0.717, 1.165) is 0 Å². The van der Waals surface area contributed by atoms with Crippen molar-refractivity contribution in [3.63, 3.8) is 0 Å². The van der Waals surface area contributed by atoms with Crippen LogP contribution < -0.4 is 0 Å². The second kappa shape index (κ2) is 5.63. The minimum absolute atomic E-state index is 0.318. The van der Waals surface area contributed by atoms with Gasteiger partial charge in [0.05, 0.1) is 11.1 Å². The molecule has 0 aliphatic rings. The third-order valence-electron chi connectivity index (χ3n) is 2.21. The molecule has 2 rings (SSSR count). The molecule has 0 aromatic heterocycles. The zero-order valence-electron chi connectivity index (χ0n) is 9.41. The Bertz CT molecular complexity index is 483. The maximum Gasteiger partial charge on any atom is 0.386 e. The first kappa shape index (κ1) is 11.9. The first-order valence-corrected chi connectivity index (χ1v) is 5.30. The molecule has 4 nitrogen and oxygen atoms in total. The minimum atomic E-state index is -0.708. The van der Waals surface area contributed by atoms with Crippen LogP contribution in [-0.4, -0.2) is 11.9 Å². The predicted octanol–water partition coefficient (Wildman–Crippen LogP) is 2.62. The van der Waals surface area contributed by atoms with Crippen LogP contribution >= 0.6 is 0 Å². The quantitative estimate of drug-likeness (QED) is 0.610. The fourth-order valence-corrected chi connectivity index (χ4v) is 1.32. The highest BCUT2D eigenvalue weighted by Gasteiger charge is 2.12. The molecule has 0 aliphatic heterocycles. The van der Waals surface area contributed by atoms with E-state index in [9.17, 15) is 9.59 Å². The van der Waals surface area contributed by atoms with Crippen LogP contribution in [0, 0.1) is 0 Å². The van der Waals surface area contributed by atoms with Gasteiger partial charge in [-0.2, -0.15) is 0 Å². The summed E-state index contributed by atoms with van der Waals surface area (Å²) in [5.74, 6) is -1.42. The highest BCUT2D eigenvalue weighted by Crippen LogP contribution is 2.05. The average Bonchev–Trinajstić information content (AvgIpc) is 2.46. The van der Waals surface area contributed by atoms with E-state index in [1.54, 1.807) is 60.7 Å². The number of carbonyl (C=O) groups is 2. The Balaban J connectivity index is 1.93. The van der Waals surface area contributed by atoms with Crippen LogP contribution in [0.15, 0.2) is 60.7 Å². The van der Waals surface area contributed by atoms with E-state index in [1.165, 1.54) is 0 Å². The molecule has 0 aliphatic carbocycles. The topological polar surface area (TPSA) is 52.6 Å². The van der Waals surface area contributed by atoms with Gasteiger partial charge in [0.15, 0.2) is 0 Å². The molecule has 0 saturated heterocycles. The van der Waals surface area contributed by atoms with Crippen molar-refractivity contribution in [3.05, 3.63) is 71.8 Å². The molecule has 0 amide bonds. The average molecular weight is 254 g/mol. The van der Waals surface area contributed by atoms with Crippen molar-refractivity contribution in [1.29, 1.82) is 0 Å². The third kappa shape index (κ3) is 2.95. The summed E-state index contributed by atoms with van der Waals surface area (Å²) in [5.41, 5.74) is 0.636. The molecule has 18 heavy (non-hydrogen) atoms. The van der Waals surface area contributed by atoms with Crippen molar-refractivity contribution in [3.8, 4) is 0 Å². The van der Waals surface area contributed by atoms with Crippen molar-refractivity contribution in [1.82, 2.24) is 0 Å². The van der Waals surface area contributed by atoms with Crippen LogP contribution in [0.4, 0.5) is 0 Å². The number of rotatable bonds is 2. The Kier molecular flexibility index (Phi) is 3.71. The molecule has 0 bridgehead atoms. The molecule has 0 saturated carbocycles. The lowest BCUT2D eigenvalue weighted by atomic mass is 10.9. The van der Waals surface area contributed by atoms with Gasteiger partial charge in [-0.3, -0.25) is 0 Å². The summed E-state index contributed by atoms with van der Waals surface area (Å²) in [7, 11) is 0. The van der Waals surface area contributed by atoms with E-state index >= 15 is 0 Å². The van der Waals surface area contributed by atoms with Gasteiger partial charge in [0.1, 0.15) is 0 Å². The van der Waals surface area contributed by atoms with Gasteiger partial charge >= 0.3 is 11.9 Å². The normalized spacial score (nSPS) is 9.56. The summed E-state index contributed by atoms with van der Waals surface area (Å²) in [6.07, 6.45) is 0. The number of carbonyl (C=O) groups excluding carboxylic acids is 2. The van der Waals surface area contributed by atoms with E-state index in [4.69, 9.17) is 0 Å². The Morgan fingerprint density at radius 2 is 0.944 bits per heavy atom. The van der Waals surface area contributed by atoms with Gasteiger partial charge in [0.25, 0.3) is 0 Å². The second-order valence-corrected chi connectivity index (χ2v) is 3.47. The van der Waals surface area contributed by atoms with E-state index in [0.29, 0.717) is 11.1 Å². The van der Waals surface area contributed by atoms with Gasteiger partial charge in [0, 0.05) is 0 Å². The summed E-state index contributed by atoms with van der Waals surface area (Å²) in [6, 6.07) is 16.6. The molecule has 0 N–H and O–H groups in total. The lowest BCUT2D eigenvalue weighted by molar-refractivity contribution is -0.187. The number of hydrogen-bond donors (Lipinski definition) is 0. The van der Waals surface area contributed by atoms with E-state index in [-0.39, 0.29) is 0 Å². The molecule has 0 heterocycles. The van der Waals surface area contributed by atoms with Gasteiger partial charge in [-0.15, -0.1) is 0 Å². The lowest BCUT2D eigenvalue weighted by Gasteiger charge is -2.02. The smallest absolute Gasteiger partial charge is 0.242 e. The SMILES string of the molecule is O=C(OOC(=O)[13c]1[13cH][13cH][13cH][13cH][13cH]1)[13c]1[13cH][13cH][13cH][13cH][13cH]1. The van der Waals surface area contributed by atoms with Crippen molar-refractivity contribution >= 4 is 11.9 Å². The van der Waals surface area contributed by atoms with Crippen LogP contribution in [0.2, 0.25) is 0 Å². The maximum absolute atomic E-state index is 11.5. The highest BCUT2D eigenvalue weighted by atomic mass is 17.2. The van der Waals surface area contributed by atoms with Gasteiger partial charge in [-0.1, -0.05) is 36.4 Å². The standard InChI is InChI=1S/C14H10O4/c15-13(11-7-3-1-4-8-11)17-18-14(16)12-9-5-2-6-10-12/h1-10H/i1+1,2+1,3+1,4+1,5+1,6+1,7+1,8+1,9+1,10+1,11+1,12+1. The van der Waals surface area contributed by atoms with Gasteiger partial charge in [-0.25, -0.2) is 19.4 Å². The van der Waals surface area contributed by atoms with Crippen LogP contribution in [-0.2, 0) is 9.78 Å². The van der Waals surface area contributed by atoms with Gasteiger partial charge < -0.3 is 0 Å². The Labute approximate surface area is 104 Å². The molecule has 0 spiro atoms. The summed E-state index contributed by atoms with van der Waals surface area (Å²) in [5, 5.41) is 0. The van der Waals surface area contributed by atoms with Gasteiger partial charge in [-0.05, 0) is 24.3 Å². The van der Waals surface area contributed by atoms with Crippen molar-refractivity contribution in [2.45, 2.75) is 0 Å². The molecule has 0 atom stereocenters. The molecule has 90 valence electrons. The first-order chi connectivity index (χ1) is 8.77. The Hall–Kier alpha value is -2.62. The van der Waals surface area contributed by atoms with Crippen LogP contribution in [0.3, 0.4) is 0 Å². The lowest BCUT2D eigenvalue weighted by Crippen LogP contribution is -2.11. The van der Waals surface area contributed by atoms with Gasteiger partial charge in [0.2, 0.25) is 0 Å². The summed E-state index contributed by atoms with van der Waals surface area (Å²) in [6.45, 7) is 0. The molecular weight excluding hydrogens is 244 g/mol. The minimum Gasteiger partial charge on any atom is -0.242 e. The maximum atomic E-state index is 11.5. The van der Waals surface area contributed by atoms with Crippen LogP contribution in [0.25, 0.3) is 0 Å². The fraction of sp³-hybridized carbons (Fsp3) is 0. The summed E-state index contributed by atoms with van der Waals surface area (Å²) in [4.78, 5) is 31.9. The Morgan fingerprint density at radius 1 is 0.611 bits per heavy atom. The van der Waals surface area contributed by atoms with Crippen LogP contribution in [0.5, 0.6) is 0 Å². The molecule has 0 fully saturated rings. The largest absolute Gasteiger partial charge is 0.386 e. The molecule has 2 aromatic carbocycles. The molecule has 0 unspecified atom stereocenters. The van der Waals surface area contributed by atoms with Crippen LogP contribution in [0.1, 0.15) is 20.7 Å². The summed E-state index contributed by atoms with van der Waals surface area (Å²) < 4.78 is 0. The van der Waals surface area contributed by atoms with E-state index in [1.807, 2.05) is 0 Å². The molecular formula is C14H10O4. The predicted molar refractivity (Wildman–Crippen MR) is 63.7 cm³/mol. The third-order valence-corrected chi connectivity index (χ3v) is 2.21. The van der Waals surface area contributed by atoms with Crippen molar-refractivity contribution in [2.75, 3.05) is 0 Å². The molecule has 0 radical (unpaired) electrons. The first-order valence-electron chi connectivity index (χ1n) is 5.30. The fourth-order valence-electron chi connectivity index (χ4n) is 1.32. The summed E-state index contributed by atoms with van der Waals surface area (Å²) >= 11 is 0. The zero-order valence-corrected chi connectivity index (χ0v) is 9.41. The molecule has 2 aromatic rings. The van der Waals surface area contributed by atoms with E-state index in [2.05, 4.69) is 9.78 Å². The Morgan fingerprint density at radius 3 is 1.28 bits per heavy atom. The number of hydrogen-bond acceptors (Lipinski definition) is 4. The molecule has 4 heteroatoms.